The minimum atomic E-state index is -1.73. The molecule has 0 radical (unpaired) electrons. The zero-order chi connectivity index (χ0) is 26.4. The van der Waals surface area contributed by atoms with Crippen LogP contribution in [0.3, 0.4) is 0 Å². The van der Waals surface area contributed by atoms with Gasteiger partial charge in [0.05, 0.1) is 18.6 Å². The van der Waals surface area contributed by atoms with Crippen molar-refractivity contribution in [2.45, 2.75) is 38.1 Å². The number of benzene rings is 3. The predicted molar refractivity (Wildman–Crippen MR) is 135 cm³/mol. The van der Waals surface area contributed by atoms with Gasteiger partial charge in [-0.1, -0.05) is 72.8 Å². The Labute approximate surface area is 216 Å². The van der Waals surface area contributed by atoms with E-state index in [0.717, 1.165) is 11.1 Å². The zero-order valence-electron chi connectivity index (χ0n) is 20.8. The molecule has 1 fully saturated rings. The lowest BCUT2D eigenvalue weighted by Gasteiger charge is -2.43. The van der Waals surface area contributed by atoms with Crippen molar-refractivity contribution in [2.24, 2.45) is 11.8 Å². The lowest BCUT2D eigenvalue weighted by molar-refractivity contribution is -0.174. The first kappa shape index (κ1) is 26.1. The molecule has 0 unspecified atom stereocenters. The molecule has 1 aliphatic carbocycles. The van der Waals surface area contributed by atoms with Crippen LogP contribution in [0.15, 0.2) is 84.9 Å². The molecule has 0 spiro atoms. The van der Waals surface area contributed by atoms with Crippen LogP contribution in [0.4, 0.5) is 0 Å². The molecule has 0 aliphatic heterocycles. The second-order valence-corrected chi connectivity index (χ2v) is 9.44. The van der Waals surface area contributed by atoms with E-state index < -0.39 is 41.1 Å². The van der Waals surface area contributed by atoms with Crippen LogP contribution in [-0.4, -0.2) is 35.5 Å². The maximum absolute atomic E-state index is 13.5. The topological polar surface area (TPSA) is 99.1 Å². The Kier molecular flexibility index (Phi) is 8.04. The summed E-state index contributed by atoms with van der Waals surface area (Å²) in [5, 5.41) is 11.3. The van der Waals surface area contributed by atoms with Gasteiger partial charge in [0.1, 0.15) is 24.9 Å². The van der Waals surface area contributed by atoms with Gasteiger partial charge in [-0.25, -0.2) is 0 Å². The fourth-order valence-electron chi connectivity index (χ4n) is 4.88. The molecule has 1 saturated carbocycles. The molecule has 7 nitrogen and oxygen atoms in total. The number of aliphatic hydroxyl groups is 1. The van der Waals surface area contributed by atoms with Crippen molar-refractivity contribution < 1.29 is 33.7 Å². The highest BCUT2D eigenvalue weighted by Crippen LogP contribution is 2.47. The third kappa shape index (κ3) is 6.06. The number of ketones is 1. The van der Waals surface area contributed by atoms with Gasteiger partial charge in [-0.15, -0.1) is 0 Å². The van der Waals surface area contributed by atoms with Crippen LogP contribution >= 0.6 is 0 Å². The number of esters is 2. The maximum atomic E-state index is 13.5. The molecule has 192 valence electrons. The van der Waals surface area contributed by atoms with E-state index in [1.54, 1.807) is 24.3 Å². The van der Waals surface area contributed by atoms with Crippen LogP contribution in [0.25, 0.3) is 0 Å². The highest BCUT2D eigenvalue weighted by atomic mass is 16.5. The number of hydrogen-bond acceptors (Lipinski definition) is 7. The normalized spacial score (nSPS) is 23.2. The lowest BCUT2D eigenvalue weighted by atomic mass is 9.61. The highest BCUT2D eigenvalue weighted by Gasteiger charge is 2.57. The number of methoxy groups -OCH3 is 1. The van der Waals surface area contributed by atoms with Crippen LogP contribution in [0.5, 0.6) is 5.75 Å². The Morgan fingerprint density at radius 1 is 0.838 bits per heavy atom. The minimum absolute atomic E-state index is 0.00134. The second-order valence-electron chi connectivity index (χ2n) is 9.44. The molecule has 0 saturated heterocycles. The Hall–Kier alpha value is -3.97. The number of carbonyl (C=O) groups is 3. The van der Waals surface area contributed by atoms with E-state index in [-0.39, 0.29) is 19.6 Å². The summed E-state index contributed by atoms with van der Waals surface area (Å²) in [5.74, 6) is -4.81. The first-order valence-electron chi connectivity index (χ1n) is 12.1. The molecule has 3 aromatic carbocycles. The number of Topliss-reactive ketones (excluding diaryl/α,β-unsaturated/α-hetero) is 1. The smallest absolute Gasteiger partial charge is 0.317 e. The van der Waals surface area contributed by atoms with Gasteiger partial charge >= 0.3 is 11.9 Å². The van der Waals surface area contributed by atoms with Gasteiger partial charge < -0.3 is 19.3 Å². The third-order valence-corrected chi connectivity index (χ3v) is 6.72. The van der Waals surface area contributed by atoms with Gasteiger partial charge in [-0.2, -0.15) is 0 Å². The van der Waals surface area contributed by atoms with Crippen molar-refractivity contribution >= 4 is 17.7 Å². The molecule has 0 bridgehead atoms. The van der Waals surface area contributed by atoms with Crippen LogP contribution in [-0.2, 0) is 37.1 Å². The van der Waals surface area contributed by atoms with E-state index in [1.807, 2.05) is 60.7 Å². The Bertz CT molecular complexity index is 1220. The standard InChI is InChI=1S/C30H30O7/c1-30(34)17-24(31)26(28(32)36-18-20-9-5-3-6-10-20)25(22-13-15-23(35-2)16-14-22)27(30)29(33)37-19-21-11-7-4-8-12-21/h3-16,25-27,34H,17-19H2,1-2H3/t25-,26+,27+,30-/m0/s1. The van der Waals surface area contributed by atoms with Crippen molar-refractivity contribution in [3.05, 3.63) is 102 Å². The third-order valence-electron chi connectivity index (χ3n) is 6.72. The molecule has 4 rings (SSSR count). The Morgan fingerprint density at radius 3 is 1.86 bits per heavy atom. The molecular formula is C30H30O7. The number of carbonyl (C=O) groups excluding carboxylic acids is 3. The fraction of sp³-hybridized carbons (Fsp3) is 0.300. The molecule has 7 heteroatoms. The SMILES string of the molecule is COc1ccc([C@H]2[C@H](C(=O)OCc3ccccc3)C(=O)C[C@](C)(O)[C@H]2C(=O)OCc2ccccc2)cc1. The summed E-state index contributed by atoms with van der Waals surface area (Å²) in [4.78, 5) is 40.1. The summed E-state index contributed by atoms with van der Waals surface area (Å²) >= 11 is 0. The van der Waals surface area contributed by atoms with E-state index in [0.29, 0.717) is 11.3 Å². The molecule has 1 aliphatic rings. The molecule has 0 aromatic heterocycles. The van der Waals surface area contributed by atoms with Gasteiger partial charge in [0.15, 0.2) is 5.78 Å². The fourth-order valence-corrected chi connectivity index (χ4v) is 4.88. The summed E-state index contributed by atoms with van der Waals surface area (Å²) in [5.41, 5.74) is 0.344. The largest absolute Gasteiger partial charge is 0.497 e. The van der Waals surface area contributed by atoms with Crippen molar-refractivity contribution in [3.63, 3.8) is 0 Å². The van der Waals surface area contributed by atoms with Crippen LogP contribution in [0, 0.1) is 11.8 Å². The monoisotopic (exact) mass is 502 g/mol. The van der Waals surface area contributed by atoms with Crippen molar-refractivity contribution in [1.29, 1.82) is 0 Å². The lowest BCUT2D eigenvalue weighted by Crippen LogP contribution is -2.55. The van der Waals surface area contributed by atoms with Crippen molar-refractivity contribution in [1.82, 2.24) is 0 Å². The number of ether oxygens (including phenoxy) is 3. The van der Waals surface area contributed by atoms with E-state index in [9.17, 15) is 19.5 Å². The van der Waals surface area contributed by atoms with Crippen molar-refractivity contribution in [2.75, 3.05) is 7.11 Å². The van der Waals surface area contributed by atoms with Gasteiger partial charge in [0.25, 0.3) is 0 Å². The minimum Gasteiger partial charge on any atom is -0.497 e. The van der Waals surface area contributed by atoms with Crippen LogP contribution in [0.1, 0.15) is 36.0 Å². The number of rotatable bonds is 8. The molecule has 4 atom stereocenters. The Morgan fingerprint density at radius 2 is 1.35 bits per heavy atom. The van der Waals surface area contributed by atoms with Crippen molar-refractivity contribution in [3.8, 4) is 5.75 Å². The summed E-state index contributed by atoms with van der Waals surface area (Å²) in [6.45, 7) is 1.42. The summed E-state index contributed by atoms with van der Waals surface area (Å²) in [6.07, 6.45) is -0.379. The van der Waals surface area contributed by atoms with Gasteiger partial charge in [-0.05, 0) is 35.7 Å². The average Bonchev–Trinajstić information content (AvgIpc) is 2.90. The number of hydrogen-bond donors (Lipinski definition) is 1. The zero-order valence-corrected chi connectivity index (χ0v) is 20.8. The maximum Gasteiger partial charge on any atom is 0.317 e. The predicted octanol–water partition coefficient (Wildman–Crippen LogP) is 4.22. The summed E-state index contributed by atoms with van der Waals surface area (Å²) in [6, 6.07) is 25.0. The first-order chi connectivity index (χ1) is 17.8. The van der Waals surface area contributed by atoms with E-state index in [1.165, 1.54) is 14.0 Å². The molecule has 0 heterocycles. The molecule has 37 heavy (non-hydrogen) atoms. The molecular weight excluding hydrogens is 472 g/mol. The van der Waals surface area contributed by atoms with Gasteiger partial charge in [0.2, 0.25) is 0 Å². The average molecular weight is 503 g/mol. The van der Waals surface area contributed by atoms with Crippen LogP contribution < -0.4 is 4.74 Å². The van der Waals surface area contributed by atoms with E-state index in [2.05, 4.69) is 0 Å². The second kappa shape index (κ2) is 11.4. The molecule has 1 N–H and O–H groups in total. The molecule has 3 aromatic rings. The van der Waals surface area contributed by atoms with E-state index >= 15 is 0 Å². The Balaban J connectivity index is 1.67. The molecule has 0 amide bonds. The van der Waals surface area contributed by atoms with Crippen LogP contribution in [0.2, 0.25) is 0 Å². The highest BCUT2D eigenvalue weighted by molar-refractivity contribution is 6.02. The first-order valence-corrected chi connectivity index (χ1v) is 12.1. The van der Waals surface area contributed by atoms with Gasteiger partial charge in [0, 0.05) is 12.3 Å². The summed E-state index contributed by atoms with van der Waals surface area (Å²) < 4.78 is 16.4. The quantitative estimate of drug-likeness (QED) is 0.364. The van der Waals surface area contributed by atoms with Gasteiger partial charge in [-0.3, -0.25) is 14.4 Å². The van der Waals surface area contributed by atoms with E-state index in [4.69, 9.17) is 14.2 Å². The summed E-state index contributed by atoms with van der Waals surface area (Å²) in [7, 11) is 1.53.